The van der Waals surface area contributed by atoms with Crippen LogP contribution in [0.1, 0.15) is 24.1 Å². The van der Waals surface area contributed by atoms with E-state index in [0.29, 0.717) is 6.54 Å². The van der Waals surface area contributed by atoms with Gasteiger partial charge in [-0.2, -0.15) is 5.10 Å². The molecular weight excluding hydrogens is 274 g/mol. The van der Waals surface area contributed by atoms with E-state index in [0.717, 1.165) is 24.1 Å². The summed E-state index contributed by atoms with van der Waals surface area (Å²) in [7, 11) is 1.82. The Morgan fingerprint density at radius 3 is 2.67 bits per heavy atom. The third-order valence-corrected chi connectivity index (χ3v) is 4.43. The highest BCUT2D eigenvalue weighted by molar-refractivity contribution is 5.86. The summed E-state index contributed by atoms with van der Waals surface area (Å²) in [5.74, 6) is -2.49. The first-order valence-electron chi connectivity index (χ1n) is 7.12. The number of hydrogen-bond donors (Lipinski definition) is 2. The molecule has 21 heavy (non-hydrogen) atoms. The van der Waals surface area contributed by atoms with Crippen molar-refractivity contribution in [1.82, 2.24) is 15.1 Å². The van der Waals surface area contributed by atoms with Gasteiger partial charge in [-0.25, -0.2) is 0 Å². The van der Waals surface area contributed by atoms with Crippen molar-refractivity contribution in [3.63, 3.8) is 0 Å². The fourth-order valence-corrected chi connectivity index (χ4v) is 3.45. The van der Waals surface area contributed by atoms with Gasteiger partial charge in [-0.05, 0) is 19.8 Å². The minimum atomic E-state index is -0.945. The molecule has 2 aliphatic rings. The highest BCUT2D eigenvalue weighted by Crippen LogP contribution is 2.43. The molecule has 0 radical (unpaired) electrons. The van der Waals surface area contributed by atoms with E-state index in [-0.39, 0.29) is 18.1 Å². The topological polar surface area (TPSA) is 93.5 Å². The highest BCUT2D eigenvalue weighted by Gasteiger charge is 2.55. The summed E-state index contributed by atoms with van der Waals surface area (Å²) in [6, 6.07) is 0. The maximum Gasteiger partial charge on any atom is 0.310 e. The van der Waals surface area contributed by atoms with Crippen LogP contribution in [0.5, 0.6) is 0 Å². The largest absolute Gasteiger partial charge is 0.481 e. The molecule has 0 aromatic carbocycles. The average Bonchev–Trinajstić information content (AvgIpc) is 3.09. The monoisotopic (exact) mass is 293 g/mol. The van der Waals surface area contributed by atoms with E-state index in [1.807, 2.05) is 20.2 Å². The second kappa shape index (κ2) is 5.14. The van der Waals surface area contributed by atoms with Gasteiger partial charge in [0.15, 0.2) is 0 Å². The molecule has 1 aromatic rings. The zero-order valence-electron chi connectivity index (χ0n) is 12.1. The Balaban J connectivity index is 1.67. The predicted octanol–water partition coefficient (Wildman–Crippen LogP) is 0.223. The highest BCUT2D eigenvalue weighted by atomic mass is 16.5. The smallest absolute Gasteiger partial charge is 0.310 e. The summed E-state index contributed by atoms with van der Waals surface area (Å²) in [6.45, 7) is 2.24. The number of carbonyl (C=O) groups is 2. The number of fused-ring (bicyclic) bond motifs is 2. The van der Waals surface area contributed by atoms with Crippen molar-refractivity contribution in [3.8, 4) is 0 Å². The Hall–Kier alpha value is -1.89. The van der Waals surface area contributed by atoms with Crippen LogP contribution in [0.4, 0.5) is 0 Å². The van der Waals surface area contributed by atoms with E-state index in [4.69, 9.17) is 4.74 Å². The number of nitrogens with zero attached hydrogens (tertiary/aromatic N) is 2. The minimum absolute atomic E-state index is 0.238. The second-order valence-electron chi connectivity index (χ2n) is 5.81. The van der Waals surface area contributed by atoms with Gasteiger partial charge in [-0.1, -0.05) is 0 Å². The van der Waals surface area contributed by atoms with E-state index >= 15 is 0 Å². The summed E-state index contributed by atoms with van der Waals surface area (Å²) in [5, 5.41) is 16.4. The van der Waals surface area contributed by atoms with Gasteiger partial charge in [0.1, 0.15) is 0 Å². The van der Waals surface area contributed by atoms with Gasteiger partial charge in [0, 0.05) is 25.4 Å². The van der Waals surface area contributed by atoms with Crippen molar-refractivity contribution in [2.24, 2.45) is 18.9 Å². The van der Waals surface area contributed by atoms with Gasteiger partial charge in [0.05, 0.1) is 29.7 Å². The van der Waals surface area contributed by atoms with Crippen molar-refractivity contribution < 1.29 is 19.4 Å². The molecule has 114 valence electrons. The zero-order valence-corrected chi connectivity index (χ0v) is 12.1. The SMILES string of the molecule is Cc1nn(C)cc1CNC(=O)[C@H]1[C@@H](C(=O)O)[C@@H]2CC[C@@H]1O2. The quantitative estimate of drug-likeness (QED) is 0.828. The maximum atomic E-state index is 12.4. The fourth-order valence-electron chi connectivity index (χ4n) is 3.45. The first-order valence-corrected chi connectivity index (χ1v) is 7.12. The number of rotatable bonds is 4. The number of aromatic nitrogens is 2. The Morgan fingerprint density at radius 2 is 2.10 bits per heavy atom. The van der Waals surface area contributed by atoms with Crippen LogP contribution in [0.25, 0.3) is 0 Å². The number of carbonyl (C=O) groups excluding carboxylic acids is 1. The molecule has 4 atom stereocenters. The fraction of sp³-hybridized carbons (Fsp3) is 0.643. The number of nitrogens with one attached hydrogen (secondary N) is 1. The van der Waals surface area contributed by atoms with E-state index in [1.165, 1.54) is 0 Å². The van der Waals surface area contributed by atoms with Gasteiger partial charge in [-0.3, -0.25) is 14.3 Å². The molecule has 2 bridgehead atoms. The van der Waals surface area contributed by atoms with Crippen LogP contribution in [0.2, 0.25) is 0 Å². The third-order valence-electron chi connectivity index (χ3n) is 4.43. The van der Waals surface area contributed by atoms with E-state index in [2.05, 4.69) is 10.4 Å². The number of hydrogen-bond acceptors (Lipinski definition) is 4. The molecule has 7 heteroatoms. The van der Waals surface area contributed by atoms with Crippen molar-refractivity contribution in [1.29, 1.82) is 0 Å². The molecule has 2 saturated heterocycles. The second-order valence-corrected chi connectivity index (χ2v) is 5.81. The van der Waals surface area contributed by atoms with E-state index in [1.54, 1.807) is 4.68 Å². The van der Waals surface area contributed by atoms with Crippen LogP contribution in [-0.4, -0.2) is 39.0 Å². The first kappa shape index (κ1) is 14.1. The molecule has 0 aliphatic carbocycles. The molecule has 1 aromatic heterocycles. The van der Waals surface area contributed by atoms with Crippen molar-refractivity contribution in [2.75, 3.05) is 0 Å². The molecule has 2 aliphatic heterocycles. The van der Waals surface area contributed by atoms with Crippen LogP contribution < -0.4 is 5.32 Å². The molecule has 2 N–H and O–H groups in total. The van der Waals surface area contributed by atoms with Crippen molar-refractivity contribution >= 4 is 11.9 Å². The van der Waals surface area contributed by atoms with Gasteiger partial charge in [0.2, 0.25) is 5.91 Å². The van der Waals surface area contributed by atoms with Crippen LogP contribution in [0.3, 0.4) is 0 Å². The lowest BCUT2D eigenvalue weighted by Gasteiger charge is -2.23. The number of aliphatic carboxylic acids is 1. The molecule has 2 fully saturated rings. The number of carboxylic acid groups (broad SMARTS) is 1. The first-order chi connectivity index (χ1) is 9.97. The zero-order chi connectivity index (χ0) is 15.1. The van der Waals surface area contributed by atoms with Gasteiger partial charge in [0.25, 0.3) is 0 Å². The van der Waals surface area contributed by atoms with E-state index < -0.39 is 17.8 Å². The number of aryl methyl sites for hydroxylation is 2. The van der Waals surface area contributed by atoms with Crippen LogP contribution >= 0.6 is 0 Å². The molecular formula is C14H19N3O4. The van der Waals surface area contributed by atoms with Gasteiger partial charge < -0.3 is 15.2 Å². The standard InChI is InChI=1S/C14H19N3O4/c1-7-8(6-17(2)16-7)5-15-13(18)11-9-3-4-10(21-9)12(11)14(19)20/h6,9-12H,3-5H2,1-2H3,(H,15,18)(H,19,20)/t9-,10-,11+,12-/m0/s1. The summed E-state index contributed by atoms with van der Waals surface area (Å²) >= 11 is 0. The molecule has 3 rings (SSSR count). The molecule has 0 spiro atoms. The summed E-state index contributed by atoms with van der Waals surface area (Å²) in [6.07, 6.45) is 2.77. The predicted molar refractivity (Wildman–Crippen MR) is 72.3 cm³/mol. The maximum absolute atomic E-state index is 12.4. The Kier molecular flexibility index (Phi) is 3.44. The summed E-state index contributed by atoms with van der Waals surface area (Å²) in [5.41, 5.74) is 1.79. The molecule has 3 heterocycles. The van der Waals surface area contributed by atoms with Crippen LogP contribution in [0, 0.1) is 18.8 Å². The lowest BCUT2D eigenvalue weighted by Crippen LogP contribution is -2.43. The lowest BCUT2D eigenvalue weighted by atomic mass is 9.78. The number of amides is 1. The molecule has 0 saturated carbocycles. The average molecular weight is 293 g/mol. The minimum Gasteiger partial charge on any atom is -0.481 e. The summed E-state index contributed by atoms with van der Waals surface area (Å²) < 4.78 is 7.29. The van der Waals surface area contributed by atoms with Crippen molar-refractivity contribution in [2.45, 2.75) is 38.5 Å². The molecule has 0 unspecified atom stereocenters. The molecule has 7 nitrogen and oxygen atoms in total. The Morgan fingerprint density at radius 1 is 1.43 bits per heavy atom. The molecule has 1 amide bonds. The van der Waals surface area contributed by atoms with Crippen molar-refractivity contribution in [3.05, 3.63) is 17.5 Å². The normalized spacial score (nSPS) is 30.6. The van der Waals surface area contributed by atoms with Crippen LogP contribution in [-0.2, 0) is 27.9 Å². The number of ether oxygens (including phenoxy) is 1. The van der Waals surface area contributed by atoms with Gasteiger partial charge in [-0.15, -0.1) is 0 Å². The third kappa shape index (κ3) is 2.42. The van der Waals surface area contributed by atoms with Gasteiger partial charge >= 0.3 is 5.97 Å². The lowest BCUT2D eigenvalue weighted by molar-refractivity contribution is -0.147. The van der Waals surface area contributed by atoms with Crippen LogP contribution in [0.15, 0.2) is 6.20 Å². The Bertz CT molecular complexity index is 583. The summed E-state index contributed by atoms with van der Waals surface area (Å²) in [4.78, 5) is 23.7. The number of carboxylic acids is 1. The van der Waals surface area contributed by atoms with E-state index in [9.17, 15) is 14.7 Å². The Labute approximate surface area is 122 Å².